The molecule has 7 heteroatoms. The third-order valence-corrected chi connectivity index (χ3v) is 3.06. The molecule has 1 amide bonds. The van der Waals surface area contributed by atoms with Gasteiger partial charge in [0.1, 0.15) is 6.04 Å². The third kappa shape index (κ3) is 2.07. The first-order chi connectivity index (χ1) is 8.43. The monoisotopic (exact) mass is 252 g/mol. The number of amides is 1. The van der Waals surface area contributed by atoms with E-state index in [1.165, 1.54) is 9.58 Å². The fraction of sp³-hybridized carbons (Fsp3) is 0.636. The van der Waals surface area contributed by atoms with Crippen LogP contribution in [0.25, 0.3) is 0 Å². The lowest BCUT2D eigenvalue weighted by molar-refractivity contribution is -0.132. The molecular weight excluding hydrogens is 236 g/mol. The molecule has 0 aliphatic heterocycles. The van der Waals surface area contributed by atoms with E-state index < -0.39 is 12.0 Å². The van der Waals surface area contributed by atoms with E-state index in [2.05, 4.69) is 10.3 Å². The van der Waals surface area contributed by atoms with Gasteiger partial charge in [-0.3, -0.25) is 4.79 Å². The number of rotatable bonds is 4. The molecule has 1 aromatic heterocycles. The molecule has 1 aliphatic rings. The maximum atomic E-state index is 11.9. The second-order valence-electron chi connectivity index (χ2n) is 4.76. The van der Waals surface area contributed by atoms with Gasteiger partial charge in [0.15, 0.2) is 5.69 Å². The van der Waals surface area contributed by atoms with Crippen molar-refractivity contribution in [3.63, 3.8) is 0 Å². The van der Waals surface area contributed by atoms with Crippen molar-refractivity contribution in [1.82, 2.24) is 19.9 Å². The maximum Gasteiger partial charge on any atom is 0.358 e. The molecule has 1 aromatic rings. The molecule has 0 saturated heterocycles. The average Bonchev–Trinajstić information content (AvgIpc) is 3.05. The Morgan fingerprint density at radius 3 is 2.50 bits per heavy atom. The highest BCUT2D eigenvalue weighted by Crippen LogP contribution is 2.42. The van der Waals surface area contributed by atoms with Crippen LogP contribution in [0.4, 0.5) is 0 Å². The molecule has 2 rings (SSSR count). The topological polar surface area (TPSA) is 88.3 Å². The van der Waals surface area contributed by atoms with Crippen LogP contribution in [0.3, 0.4) is 0 Å². The summed E-state index contributed by atoms with van der Waals surface area (Å²) in [5.41, 5.74) is 0.543. The van der Waals surface area contributed by atoms with Crippen molar-refractivity contribution in [3.05, 3.63) is 11.4 Å². The summed E-state index contributed by atoms with van der Waals surface area (Å²) in [5, 5.41) is 16.6. The molecule has 98 valence electrons. The lowest BCUT2D eigenvalue weighted by Crippen LogP contribution is -2.31. The summed E-state index contributed by atoms with van der Waals surface area (Å²) in [6.07, 6.45) is 1.85. The lowest BCUT2D eigenvalue weighted by atomic mass is 10.2. The standard InChI is InChI=1S/C11H16N4O3/c1-6(10(16)14(2)3)15-9(7-4-5-7)8(11(17)18)12-13-15/h6-7H,4-5H2,1-3H3,(H,17,18). The molecule has 0 radical (unpaired) electrons. The molecule has 0 aromatic carbocycles. The van der Waals surface area contributed by atoms with E-state index in [1.54, 1.807) is 21.0 Å². The van der Waals surface area contributed by atoms with Gasteiger partial charge in [0, 0.05) is 20.0 Å². The van der Waals surface area contributed by atoms with Gasteiger partial charge in [0.05, 0.1) is 5.69 Å². The van der Waals surface area contributed by atoms with E-state index >= 15 is 0 Å². The van der Waals surface area contributed by atoms with Crippen molar-refractivity contribution in [3.8, 4) is 0 Å². The van der Waals surface area contributed by atoms with Gasteiger partial charge in [-0.15, -0.1) is 5.10 Å². The van der Waals surface area contributed by atoms with Gasteiger partial charge in [0.25, 0.3) is 0 Å². The number of hydrogen-bond donors (Lipinski definition) is 1. The summed E-state index contributed by atoms with van der Waals surface area (Å²) in [6, 6.07) is -0.531. The first-order valence-corrected chi connectivity index (χ1v) is 5.83. The summed E-state index contributed by atoms with van der Waals surface area (Å²) in [4.78, 5) is 24.5. The molecule has 0 spiro atoms. The minimum atomic E-state index is -1.09. The van der Waals surface area contributed by atoms with Crippen molar-refractivity contribution in [1.29, 1.82) is 0 Å². The van der Waals surface area contributed by atoms with Crippen molar-refractivity contribution in [2.24, 2.45) is 0 Å². The summed E-state index contributed by atoms with van der Waals surface area (Å²) in [7, 11) is 3.31. The van der Waals surface area contributed by atoms with Crippen LogP contribution in [0, 0.1) is 0 Å². The van der Waals surface area contributed by atoms with Crippen molar-refractivity contribution >= 4 is 11.9 Å². The fourth-order valence-electron chi connectivity index (χ4n) is 1.95. The average molecular weight is 252 g/mol. The third-order valence-electron chi connectivity index (χ3n) is 3.06. The van der Waals surface area contributed by atoms with Crippen molar-refractivity contribution in [2.75, 3.05) is 14.1 Å². The summed E-state index contributed by atoms with van der Waals surface area (Å²) < 4.78 is 1.45. The molecule has 1 unspecified atom stereocenters. The fourth-order valence-corrected chi connectivity index (χ4v) is 1.95. The van der Waals surface area contributed by atoms with Crippen LogP contribution in [-0.2, 0) is 4.79 Å². The largest absolute Gasteiger partial charge is 0.476 e. The Bertz CT molecular complexity index is 490. The predicted molar refractivity (Wildman–Crippen MR) is 62.4 cm³/mol. The van der Waals surface area contributed by atoms with Gasteiger partial charge >= 0.3 is 5.97 Å². The highest BCUT2D eigenvalue weighted by Gasteiger charge is 2.36. The van der Waals surface area contributed by atoms with Gasteiger partial charge in [-0.2, -0.15) is 0 Å². The number of hydrogen-bond acceptors (Lipinski definition) is 4. The zero-order chi connectivity index (χ0) is 13.4. The number of likely N-dealkylation sites (N-methyl/N-ethyl adjacent to an activating group) is 1. The van der Waals surface area contributed by atoms with E-state index in [0.29, 0.717) is 5.69 Å². The number of carbonyl (C=O) groups excluding carboxylic acids is 1. The number of aromatic carboxylic acids is 1. The molecule has 0 bridgehead atoms. The number of nitrogens with zero attached hydrogens (tertiary/aromatic N) is 4. The smallest absolute Gasteiger partial charge is 0.358 e. The highest BCUT2D eigenvalue weighted by atomic mass is 16.4. The maximum absolute atomic E-state index is 11.9. The minimum absolute atomic E-state index is 0.0316. The molecule has 1 fully saturated rings. The normalized spacial score (nSPS) is 16.4. The first-order valence-electron chi connectivity index (χ1n) is 5.83. The SMILES string of the molecule is CC(C(=O)N(C)C)n1nnc(C(=O)O)c1C1CC1. The lowest BCUT2D eigenvalue weighted by Gasteiger charge is -2.18. The van der Waals surface area contributed by atoms with Crippen LogP contribution in [0.15, 0.2) is 0 Å². The predicted octanol–water partition coefficient (Wildman–Crippen LogP) is 0.503. The number of aromatic nitrogens is 3. The van der Waals surface area contributed by atoms with E-state index in [0.717, 1.165) is 12.8 Å². The Morgan fingerprint density at radius 1 is 1.44 bits per heavy atom. The van der Waals surface area contributed by atoms with Crippen LogP contribution in [0.1, 0.15) is 47.9 Å². The van der Waals surface area contributed by atoms with Crippen LogP contribution in [-0.4, -0.2) is 51.0 Å². The molecule has 1 aliphatic carbocycles. The number of carbonyl (C=O) groups is 2. The Kier molecular flexibility index (Phi) is 3.06. The second-order valence-corrected chi connectivity index (χ2v) is 4.76. The van der Waals surface area contributed by atoms with Gasteiger partial charge in [0.2, 0.25) is 5.91 Å². The van der Waals surface area contributed by atoms with Gasteiger partial charge < -0.3 is 10.0 Å². The molecule has 1 N–H and O–H groups in total. The van der Waals surface area contributed by atoms with Crippen LogP contribution in [0.2, 0.25) is 0 Å². The molecule has 7 nitrogen and oxygen atoms in total. The molecule has 1 heterocycles. The van der Waals surface area contributed by atoms with E-state index in [-0.39, 0.29) is 17.5 Å². The Hall–Kier alpha value is -1.92. The molecule has 18 heavy (non-hydrogen) atoms. The molecule has 1 saturated carbocycles. The summed E-state index contributed by atoms with van der Waals surface area (Å²) in [6.45, 7) is 1.70. The van der Waals surface area contributed by atoms with Crippen LogP contribution >= 0.6 is 0 Å². The minimum Gasteiger partial charge on any atom is -0.476 e. The van der Waals surface area contributed by atoms with Gasteiger partial charge in [-0.25, -0.2) is 9.48 Å². The quantitative estimate of drug-likeness (QED) is 0.843. The number of carboxylic acids is 1. The van der Waals surface area contributed by atoms with Crippen molar-refractivity contribution in [2.45, 2.75) is 31.7 Å². The van der Waals surface area contributed by atoms with Gasteiger partial charge in [-0.05, 0) is 19.8 Å². The highest BCUT2D eigenvalue weighted by molar-refractivity contribution is 5.87. The molecule has 1 atom stereocenters. The Labute approximate surface area is 104 Å². The number of carboxylic acid groups (broad SMARTS) is 1. The van der Waals surface area contributed by atoms with Crippen LogP contribution < -0.4 is 0 Å². The first kappa shape index (κ1) is 12.5. The summed E-state index contributed by atoms with van der Waals surface area (Å²) >= 11 is 0. The zero-order valence-corrected chi connectivity index (χ0v) is 10.6. The van der Waals surface area contributed by atoms with Gasteiger partial charge in [-0.1, -0.05) is 5.21 Å². The van der Waals surface area contributed by atoms with E-state index in [4.69, 9.17) is 5.11 Å². The Balaban J connectivity index is 2.39. The summed E-state index contributed by atoms with van der Waals surface area (Å²) in [5.74, 6) is -1.05. The van der Waals surface area contributed by atoms with E-state index in [1.807, 2.05) is 0 Å². The molecular formula is C11H16N4O3. The zero-order valence-electron chi connectivity index (χ0n) is 10.6. The van der Waals surface area contributed by atoms with Crippen LogP contribution in [0.5, 0.6) is 0 Å². The Morgan fingerprint density at radius 2 is 2.06 bits per heavy atom. The second kappa shape index (κ2) is 4.40. The van der Waals surface area contributed by atoms with E-state index in [9.17, 15) is 9.59 Å². The van der Waals surface area contributed by atoms with Crippen molar-refractivity contribution < 1.29 is 14.7 Å².